The lowest BCUT2D eigenvalue weighted by Gasteiger charge is -2.08. The molecule has 7 heteroatoms. The highest BCUT2D eigenvalue weighted by atomic mass is 79.9. The van der Waals surface area contributed by atoms with Crippen molar-refractivity contribution in [3.8, 4) is 0 Å². The highest BCUT2D eigenvalue weighted by Crippen LogP contribution is 2.22. The van der Waals surface area contributed by atoms with E-state index in [0.29, 0.717) is 17.9 Å². The summed E-state index contributed by atoms with van der Waals surface area (Å²) in [6.45, 7) is 0.468. The molecule has 2 rings (SSSR count). The fourth-order valence-electron chi connectivity index (χ4n) is 1.41. The number of pyridine rings is 1. The van der Waals surface area contributed by atoms with Crippen molar-refractivity contribution in [2.24, 2.45) is 5.84 Å². The van der Waals surface area contributed by atoms with Gasteiger partial charge in [-0.2, -0.15) is 0 Å². The van der Waals surface area contributed by atoms with E-state index in [-0.39, 0.29) is 5.91 Å². The van der Waals surface area contributed by atoms with Crippen LogP contribution in [0, 0.1) is 0 Å². The van der Waals surface area contributed by atoms with Crippen LogP contribution in [0.1, 0.15) is 15.2 Å². The number of hydrogen-bond acceptors (Lipinski definition) is 5. The van der Waals surface area contributed by atoms with Crippen molar-refractivity contribution in [3.63, 3.8) is 0 Å². The van der Waals surface area contributed by atoms with E-state index in [0.717, 1.165) is 9.35 Å². The Labute approximate surface area is 117 Å². The minimum absolute atomic E-state index is 0.212. The number of nitrogen functional groups attached to an aromatic ring is 1. The van der Waals surface area contributed by atoms with Crippen LogP contribution in [0.5, 0.6) is 0 Å². The number of thiophene rings is 1. The summed E-state index contributed by atoms with van der Waals surface area (Å²) in [5, 5.41) is 4.78. The van der Waals surface area contributed by atoms with Gasteiger partial charge in [0.2, 0.25) is 0 Å². The van der Waals surface area contributed by atoms with Gasteiger partial charge in [-0.3, -0.25) is 4.79 Å². The van der Waals surface area contributed by atoms with Crippen LogP contribution in [0.2, 0.25) is 0 Å². The van der Waals surface area contributed by atoms with E-state index in [1.54, 1.807) is 29.7 Å². The van der Waals surface area contributed by atoms with Crippen LogP contribution < -0.4 is 16.6 Å². The summed E-state index contributed by atoms with van der Waals surface area (Å²) in [6.07, 6.45) is 1.57. The van der Waals surface area contributed by atoms with Crippen molar-refractivity contribution >= 4 is 39.0 Å². The highest BCUT2D eigenvalue weighted by Gasteiger charge is 2.11. The molecule has 1 amide bonds. The zero-order chi connectivity index (χ0) is 13.0. The number of aromatic nitrogens is 1. The van der Waals surface area contributed by atoms with Gasteiger partial charge >= 0.3 is 0 Å². The Morgan fingerprint density at radius 3 is 3.00 bits per heavy atom. The molecule has 0 spiro atoms. The van der Waals surface area contributed by atoms with Gasteiger partial charge in [0.25, 0.3) is 5.91 Å². The number of amides is 1. The minimum atomic E-state index is -0.212. The quantitative estimate of drug-likeness (QED) is 0.594. The summed E-state index contributed by atoms with van der Waals surface area (Å²) >= 11 is 4.99. The second kappa shape index (κ2) is 5.94. The van der Waals surface area contributed by atoms with Crippen molar-refractivity contribution in [1.82, 2.24) is 10.3 Å². The molecule has 0 radical (unpaired) electrons. The zero-order valence-electron chi connectivity index (χ0n) is 9.31. The maximum absolute atomic E-state index is 12.0. The molecular formula is C11H11BrN4OS. The Kier molecular flexibility index (Phi) is 4.29. The molecule has 5 nitrogen and oxygen atoms in total. The van der Waals surface area contributed by atoms with E-state index < -0.39 is 0 Å². The molecule has 0 saturated carbocycles. The molecule has 4 N–H and O–H groups in total. The molecule has 0 atom stereocenters. The van der Waals surface area contributed by atoms with Crippen LogP contribution in [0.15, 0.2) is 34.2 Å². The van der Waals surface area contributed by atoms with Crippen LogP contribution in [-0.4, -0.2) is 10.9 Å². The Morgan fingerprint density at radius 1 is 1.50 bits per heavy atom. The standard InChI is InChI=1S/C11H11BrN4OS/c12-8-3-5-18-9(8)6-15-11(17)7-2-1-4-14-10(7)16-13/h1-5H,6,13H2,(H,14,16)(H,15,17). The van der Waals surface area contributed by atoms with Gasteiger partial charge < -0.3 is 10.7 Å². The number of hydrogen-bond donors (Lipinski definition) is 3. The third-order valence-corrected chi connectivity index (χ3v) is 4.22. The molecule has 0 bridgehead atoms. The van der Waals surface area contributed by atoms with E-state index >= 15 is 0 Å². The van der Waals surface area contributed by atoms with Crippen molar-refractivity contribution in [2.45, 2.75) is 6.54 Å². The molecular weight excluding hydrogens is 316 g/mol. The highest BCUT2D eigenvalue weighted by molar-refractivity contribution is 9.10. The second-order valence-electron chi connectivity index (χ2n) is 3.42. The summed E-state index contributed by atoms with van der Waals surface area (Å²) in [6, 6.07) is 5.31. The fourth-order valence-corrected chi connectivity index (χ4v) is 2.84. The van der Waals surface area contributed by atoms with Gasteiger partial charge in [-0.05, 0) is 39.5 Å². The first-order valence-corrected chi connectivity index (χ1v) is 6.81. The van der Waals surface area contributed by atoms with Crippen LogP contribution >= 0.6 is 27.3 Å². The third kappa shape index (κ3) is 2.87. The molecule has 0 aliphatic heterocycles. The van der Waals surface area contributed by atoms with E-state index in [1.807, 2.05) is 11.4 Å². The number of anilines is 1. The molecule has 0 fully saturated rings. The maximum Gasteiger partial charge on any atom is 0.255 e. The smallest absolute Gasteiger partial charge is 0.255 e. The SMILES string of the molecule is NNc1ncccc1C(=O)NCc1sccc1Br. The molecule has 0 unspecified atom stereocenters. The molecule has 2 aromatic heterocycles. The zero-order valence-corrected chi connectivity index (χ0v) is 11.7. The summed E-state index contributed by atoms with van der Waals surface area (Å²) in [7, 11) is 0. The number of nitrogens with one attached hydrogen (secondary N) is 2. The molecule has 94 valence electrons. The van der Waals surface area contributed by atoms with Gasteiger partial charge in [0.05, 0.1) is 12.1 Å². The molecule has 0 aliphatic carbocycles. The average Bonchev–Trinajstić information content (AvgIpc) is 2.81. The number of halogens is 1. The minimum Gasteiger partial charge on any atom is -0.347 e. The van der Waals surface area contributed by atoms with Crippen molar-refractivity contribution < 1.29 is 4.79 Å². The summed E-state index contributed by atoms with van der Waals surface area (Å²) in [5.74, 6) is 5.45. The third-order valence-electron chi connectivity index (χ3n) is 2.29. The predicted molar refractivity (Wildman–Crippen MR) is 75.2 cm³/mol. The lowest BCUT2D eigenvalue weighted by atomic mass is 10.2. The van der Waals surface area contributed by atoms with Crippen molar-refractivity contribution in [3.05, 3.63) is 44.7 Å². The molecule has 2 aromatic rings. The van der Waals surface area contributed by atoms with Crippen LogP contribution in [0.4, 0.5) is 5.82 Å². The normalized spacial score (nSPS) is 10.1. The van der Waals surface area contributed by atoms with Gasteiger partial charge in [0, 0.05) is 15.5 Å². The van der Waals surface area contributed by atoms with Gasteiger partial charge in [0.1, 0.15) is 0 Å². The Balaban J connectivity index is 2.06. The van der Waals surface area contributed by atoms with Gasteiger partial charge in [-0.25, -0.2) is 10.8 Å². The lowest BCUT2D eigenvalue weighted by Crippen LogP contribution is -2.25. The van der Waals surface area contributed by atoms with Crippen LogP contribution in [0.25, 0.3) is 0 Å². The number of rotatable bonds is 4. The molecule has 0 saturated heterocycles. The fraction of sp³-hybridized carbons (Fsp3) is 0.0909. The topological polar surface area (TPSA) is 80.0 Å². The number of nitrogens with zero attached hydrogens (tertiary/aromatic N) is 1. The number of carbonyl (C=O) groups is 1. The van der Waals surface area contributed by atoms with E-state index in [1.165, 1.54) is 0 Å². The molecule has 18 heavy (non-hydrogen) atoms. The number of hydrazine groups is 1. The summed E-state index contributed by atoms with van der Waals surface area (Å²) in [4.78, 5) is 17.0. The second-order valence-corrected chi connectivity index (χ2v) is 5.27. The number of carbonyl (C=O) groups excluding carboxylic acids is 1. The molecule has 0 aliphatic rings. The van der Waals surface area contributed by atoms with E-state index in [4.69, 9.17) is 5.84 Å². The van der Waals surface area contributed by atoms with Crippen LogP contribution in [0.3, 0.4) is 0 Å². The predicted octanol–water partition coefficient (Wildman–Crippen LogP) is 2.12. The Bertz CT molecular complexity index is 557. The lowest BCUT2D eigenvalue weighted by molar-refractivity contribution is 0.0951. The Morgan fingerprint density at radius 2 is 2.33 bits per heavy atom. The largest absolute Gasteiger partial charge is 0.347 e. The molecule has 0 aromatic carbocycles. The first-order chi connectivity index (χ1) is 8.72. The molecule has 2 heterocycles. The summed E-state index contributed by atoms with van der Waals surface area (Å²) < 4.78 is 0.996. The first-order valence-electron chi connectivity index (χ1n) is 5.14. The average molecular weight is 327 g/mol. The summed E-state index contributed by atoms with van der Waals surface area (Å²) in [5.41, 5.74) is 2.83. The van der Waals surface area contributed by atoms with E-state index in [9.17, 15) is 4.79 Å². The first kappa shape index (κ1) is 13.0. The van der Waals surface area contributed by atoms with Crippen LogP contribution in [-0.2, 0) is 6.54 Å². The van der Waals surface area contributed by atoms with Gasteiger partial charge in [-0.1, -0.05) is 0 Å². The Hall–Kier alpha value is -1.44. The van der Waals surface area contributed by atoms with Gasteiger partial charge in [-0.15, -0.1) is 11.3 Å². The van der Waals surface area contributed by atoms with E-state index in [2.05, 4.69) is 31.7 Å². The monoisotopic (exact) mass is 326 g/mol. The van der Waals surface area contributed by atoms with Crippen molar-refractivity contribution in [2.75, 3.05) is 5.43 Å². The number of nitrogens with two attached hydrogens (primary N) is 1. The van der Waals surface area contributed by atoms with Gasteiger partial charge in [0.15, 0.2) is 5.82 Å². The maximum atomic E-state index is 12.0. The van der Waals surface area contributed by atoms with Crippen molar-refractivity contribution in [1.29, 1.82) is 0 Å².